The maximum Gasteiger partial charge on any atom is 0.140 e. The number of aryl methyl sites for hydroxylation is 1. The number of hydrogen-bond acceptors (Lipinski definition) is 4. The Bertz CT molecular complexity index is 332. The Kier molecular flexibility index (Phi) is 3.60. The third-order valence-electron chi connectivity index (χ3n) is 2.11. The predicted molar refractivity (Wildman–Crippen MR) is 67.0 cm³/mol. The lowest BCUT2D eigenvalue weighted by Crippen LogP contribution is -2.10. The van der Waals surface area contributed by atoms with Gasteiger partial charge in [0.2, 0.25) is 0 Å². The van der Waals surface area contributed by atoms with Gasteiger partial charge in [0.05, 0.1) is 5.75 Å². The van der Waals surface area contributed by atoms with E-state index < -0.39 is 0 Å². The van der Waals surface area contributed by atoms with E-state index in [1.165, 1.54) is 0 Å². The van der Waals surface area contributed by atoms with Crippen LogP contribution >= 0.6 is 11.8 Å². The first-order valence-electron chi connectivity index (χ1n) is 5.03. The molecule has 15 heavy (non-hydrogen) atoms. The lowest BCUT2D eigenvalue weighted by atomic mass is 10.2. The fourth-order valence-corrected chi connectivity index (χ4v) is 1.75. The Morgan fingerprint density at radius 1 is 1.20 bits per heavy atom. The van der Waals surface area contributed by atoms with Gasteiger partial charge in [-0.15, -0.1) is 11.8 Å². The van der Waals surface area contributed by atoms with Crippen LogP contribution < -0.4 is 5.73 Å². The van der Waals surface area contributed by atoms with Gasteiger partial charge in [-0.05, 0) is 13.8 Å². The van der Waals surface area contributed by atoms with Gasteiger partial charge in [0.1, 0.15) is 11.6 Å². The molecule has 1 rings (SSSR count). The number of nitrogens with zero attached hydrogens (tertiary/aromatic N) is 2. The van der Waals surface area contributed by atoms with Crippen LogP contribution in [0.15, 0.2) is 0 Å². The summed E-state index contributed by atoms with van der Waals surface area (Å²) in [5, 5.41) is 0. The van der Waals surface area contributed by atoms with E-state index in [0.29, 0.717) is 5.82 Å². The maximum atomic E-state index is 5.80. The highest BCUT2D eigenvalue weighted by molar-refractivity contribution is 7.99. The van der Waals surface area contributed by atoms with Crippen LogP contribution in [0.5, 0.6) is 0 Å². The lowest BCUT2D eigenvalue weighted by Gasteiger charge is -2.17. The molecule has 0 aliphatic rings. The van der Waals surface area contributed by atoms with Crippen molar-refractivity contribution in [3.05, 3.63) is 17.1 Å². The van der Waals surface area contributed by atoms with Gasteiger partial charge >= 0.3 is 0 Å². The van der Waals surface area contributed by atoms with E-state index in [-0.39, 0.29) is 4.75 Å². The van der Waals surface area contributed by atoms with Crippen LogP contribution in [0.3, 0.4) is 0 Å². The van der Waals surface area contributed by atoms with Crippen molar-refractivity contribution in [2.75, 3.05) is 5.73 Å². The van der Waals surface area contributed by atoms with E-state index in [2.05, 4.69) is 30.7 Å². The van der Waals surface area contributed by atoms with Crippen LogP contribution in [-0.2, 0) is 5.75 Å². The molecule has 0 unspecified atom stereocenters. The van der Waals surface area contributed by atoms with E-state index in [0.717, 1.165) is 22.8 Å². The van der Waals surface area contributed by atoms with E-state index in [4.69, 9.17) is 5.73 Å². The number of rotatable bonds is 2. The molecule has 0 saturated heterocycles. The first-order chi connectivity index (χ1) is 6.79. The summed E-state index contributed by atoms with van der Waals surface area (Å²) in [7, 11) is 0. The molecule has 0 saturated carbocycles. The number of aromatic nitrogens is 2. The summed E-state index contributed by atoms with van der Waals surface area (Å²) in [5.74, 6) is 2.25. The van der Waals surface area contributed by atoms with Crippen LogP contribution in [0.25, 0.3) is 0 Å². The topological polar surface area (TPSA) is 51.8 Å². The van der Waals surface area contributed by atoms with Crippen molar-refractivity contribution in [1.29, 1.82) is 0 Å². The second kappa shape index (κ2) is 4.39. The van der Waals surface area contributed by atoms with E-state index in [9.17, 15) is 0 Å². The zero-order valence-corrected chi connectivity index (χ0v) is 10.9. The van der Waals surface area contributed by atoms with Crippen molar-refractivity contribution < 1.29 is 0 Å². The van der Waals surface area contributed by atoms with Crippen LogP contribution in [0.2, 0.25) is 0 Å². The van der Waals surface area contributed by atoms with Crippen LogP contribution in [0.4, 0.5) is 5.82 Å². The third-order valence-corrected chi connectivity index (χ3v) is 3.38. The average Bonchev–Trinajstić information content (AvgIpc) is 2.09. The SMILES string of the molecule is Cc1nc(CSC(C)(C)C)nc(N)c1C. The first-order valence-corrected chi connectivity index (χ1v) is 6.02. The van der Waals surface area contributed by atoms with Gasteiger partial charge in [-0.1, -0.05) is 20.8 Å². The molecule has 2 N–H and O–H groups in total. The first kappa shape index (κ1) is 12.3. The van der Waals surface area contributed by atoms with E-state index in [1.54, 1.807) is 0 Å². The second-order valence-electron chi connectivity index (χ2n) is 4.64. The standard InChI is InChI=1S/C11H19N3S/c1-7-8(2)13-9(14-10(7)12)6-15-11(3,4)5/h6H2,1-5H3,(H2,12,13,14). The molecule has 0 fully saturated rings. The van der Waals surface area contributed by atoms with Crippen molar-refractivity contribution >= 4 is 17.6 Å². The molecule has 84 valence electrons. The smallest absolute Gasteiger partial charge is 0.140 e. The molecule has 0 aliphatic heterocycles. The Morgan fingerprint density at radius 3 is 2.27 bits per heavy atom. The van der Waals surface area contributed by atoms with Gasteiger partial charge in [-0.25, -0.2) is 9.97 Å². The molecular formula is C11H19N3S. The minimum atomic E-state index is 0.233. The van der Waals surface area contributed by atoms with Crippen LogP contribution in [0.1, 0.15) is 37.9 Å². The molecule has 0 aliphatic carbocycles. The van der Waals surface area contributed by atoms with Crippen LogP contribution in [-0.4, -0.2) is 14.7 Å². The molecule has 0 spiro atoms. The molecule has 1 aromatic rings. The molecule has 1 heterocycles. The van der Waals surface area contributed by atoms with E-state index in [1.807, 2.05) is 25.6 Å². The van der Waals surface area contributed by atoms with Gasteiger partial charge in [0.25, 0.3) is 0 Å². The Hall–Kier alpha value is -0.770. The van der Waals surface area contributed by atoms with Crippen molar-refractivity contribution in [2.45, 2.75) is 45.1 Å². The fourth-order valence-electron chi connectivity index (χ4n) is 1.06. The monoisotopic (exact) mass is 225 g/mol. The largest absolute Gasteiger partial charge is 0.383 e. The molecule has 0 radical (unpaired) electrons. The number of hydrogen-bond donors (Lipinski definition) is 1. The fraction of sp³-hybridized carbons (Fsp3) is 0.636. The molecule has 0 aromatic carbocycles. The van der Waals surface area contributed by atoms with Gasteiger partial charge in [0.15, 0.2) is 0 Å². The minimum absolute atomic E-state index is 0.233. The molecule has 0 amide bonds. The summed E-state index contributed by atoms with van der Waals surface area (Å²) < 4.78 is 0.233. The quantitative estimate of drug-likeness (QED) is 0.840. The van der Waals surface area contributed by atoms with Crippen molar-refractivity contribution in [1.82, 2.24) is 9.97 Å². The maximum absolute atomic E-state index is 5.80. The zero-order valence-electron chi connectivity index (χ0n) is 10.1. The van der Waals surface area contributed by atoms with Crippen molar-refractivity contribution in [3.63, 3.8) is 0 Å². The summed E-state index contributed by atoms with van der Waals surface area (Å²) in [6.07, 6.45) is 0. The highest BCUT2D eigenvalue weighted by Crippen LogP contribution is 2.26. The Labute approximate surface area is 95.9 Å². The Morgan fingerprint density at radius 2 is 1.80 bits per heavy atom. The van der Waals surface area contributed by atoms with E-state index >= 15 is 0 Å². The molecule has 3 nitrogen and oxygen atoms in total. The summed E-state index contributed by atoms with van der Waals surface area (Å²) in [4.78, 5) is 8.71. The highest BCUT2D eigenvalue weighted by Gasteiger charge is 2.12. The summed E-state index contributed by atoms with van der Waals surface area (Å²) in [6.45, 7) is 10.5. The molecule has 4 heteroatoms. The van der Waals surface area contributed by atoms with Gasteiger partial charge < -0.3 is 5.73 Å². The molecule has 0 atom stereocenters. The Balaban J connectivity index is 2.80. The van der Waals surface area contributed by atoms with Gasteiger partial charge in [-0.3, -0.25) is 0 Å². The van der Waals surface area contributed by atoms with Crippen molar-refractivity contribution in [2.24, 2.45) is 0 Å². The zero-order chi connectivity index (χ0) is 11.6. The minimum Gasteiger partial charge on any atom is -0.383 e. The number of thioether (sulfide) groups is 1. The second-order valence-corrected chi connectivity index (χ2v) is 6.44. The molecule has 0 bridgehead atoms. The predicted octanol–water partition coefficient (Wildman–Crippen LogP) is 2.71. The summed E-state index contributed by atoms with van der Waals surface area (Å²) in [6, 6.07) is 0. The average molecular weight is 225 g/mol. The lowest BCUT2D eigenvalue weighted by molar-refractivity contribution is 0.799. The summed E-state index contributed by atoms with van der Waals surface area (Å²) >= 11 is 1.83. The molecule has 1 aromatic heterocycles. The van der Waals surface area contributed by atoms with Gasteiger partial charge in [0, 0.05) is 16.0 Å². The third kappa shape index (κ3) is 3.70. The number of nitrogen functional groups attached to an aromatic ring is 1. The summed E-state index contributed by atoms with van der Waals surface area (Å²) in [5.41, 5.74) is 7.76. The normalized spacial score (nSPS) is 11.8. The number of anilines is 1. The van der Waals surface area contributed by atoms with Gasteiger partial charge in [-0.2, -0.15) is 0 Å². The molecular weight excluding hydrogens is 206 g/mol. The highest BCUT2D eigenvalue weighted by atomic mass is 32.2. The van der Waals surface area contributed by atoms with Crippen molar-refractivity contribution in [3.8, 4) is 0 Å². The number of nitrogens with two attached hydrogens (primary N) is 1. The van der Waals surface area contributed by atoms with Crippen LogP contribution in [0, 0.1) is 13.8 Å².